The van der Waals surface area contributed by atoms with Gasteiger partial charge in [0.05, 0.1) is 32.0 Å². The fourth-order valence-electron chi connectivity index (χ4n) is 3.00. The van der Waals surface area contributed by atoms with E-state index in [1.54, 1.807) is 0 Å². The second-order valence-corrected chi connectivity index (χ2v) is 6.61. The Kier molecular flexibility index (Phi) is 8.18. The molecule has 0 saturated carbocycles. The van der Waals surface area contributed by atoms with E-state index in [4.69, 9.17) is 9.47 Å². The molecule has 0 spiro atoms. The van der Waals surface area contributed by atoms with E-state index in [1.165, 1.54) is 55.6 Å². The van der Waals surface area contributed by atoms with Gasteiger partial charge in [-0.05, 0) is 23.3 Å². The van der Waals surface area contributed by atoms with Crippen LogP contribution in [0.1, 0.15) is 23.5 Å². The Morgan fingerprint density at radius 1 is 1.03 bits per heavy atom. The van der Waals surface area contributed by atoms with Gasteiger partial charge >= 0.3 is 11.9 Å². The summed E-state index contributed by atoms with van der Waals surface area (Å²) in [6.07, 6.45) is -0.427. The molecule has 2 atom stereocenters. The Morgan fingerprint density at radius 3 is 2.16 bits per heavy atom. The smallest absolute Gasteiger partial charge is 0.329 e. The number of methoxy groups -OCH3 is 2. The van der Waals surface area contributed by atoms with Gasteiger partial charge in [0.1, 0.15) is 11.9 Å². The highest BCUT2D eigenvalue weighted by Crippen LogP contribution is 2.27. The molecule has 0 aliphatic heterocycles. The number of amides is 1. The van der Waals surface area contributed by atoms with Crippen LogP contribution in [0.2, 0.25) is 0 Å². The maximum absolute atomic E-state index is 13.1. The largest absolute Gasteiger partial charge is 0.469 e. The number of non-ortho nitro benzene ring substituents is 1. The average molecular weight is 432 g/mol. The lowest BCUT2D eigenvalue weighted by Crippen LogP contribution is -2.46. The van der Waals surface area contributed by atoms with Crippen LogP contribution >= 0.6 is 0 Å². The number of benzene rings is 2. The zero-order chi connectivity index (χ0) is 23.0. The van der Waals surface area contributed by atoms with Gasteiger partial charge in [0, 0.05) is 18.1 Å². The molecule has 0 aromatic heterocycles. The van der Waals surface area contributed by atoms with E-state index in [-0.39, 0.29) is 18.5 Å². The Bertz CT molecular complexity index is 945. The minimum Gasteiger partial charge on any atom is -0.469 e. The van der Waals surface area contributed by atoms with E-state index >= 15 is 0 Å². The number of hydrogen-bond donors (Lipinski definition) is 1. The van der Waals surface area contributed by atoms with Gasteiger partial charge in [0.2, 0.25) is 5.91 Å². The Morgan fingerprint density at radius 2 is 1.65 bits per heavy atom. The molecular weight excluding hydrogens is 411 g/mol. The van der Waals surface area contributed by atoms with E-state index in [1.807, 2.05) is 0 Å². The predicted molar refractivity (Wildman–Crippen MR) is 107 cm³/mol. The molecule has 10 heteroatoms. The number of nitrogens with one attached hydrogen (secondary N) is 1. The van der Waals surface area contributed by atoms with Gasteiger partial charge in [-0.2, -0.15) is 0 Å². The van der Waals surface area contributed by atoms with Gasteiger partial charge in [-0.3, -0.25) is 19.7 Å². The van der Waals surface area contributed by atoms with Gasteiger partial charge < -0.3 is 14.8 Å². The fourth-order valence-corrected chi connectivity index (χ4v) is 3.00. The molecule has 164 valence electrons. The molecule has 0 aliphatic carbocycles. The quantitative estimate of drug-likeness (QED) is 0.366. The minimum absolute atomic E-state index is 0.140. The summed E-state index contributed by atoms with van der Waals surface area (Å²) in [6, 6.07) is 9.27. The molecule has 0 radical (unpaired) electrons. The van der Waals surface area contributed by atoms with Crippen molar-refractivity contribution >= 4 is 23.5 Å². The molecule has 1 amide bonds. The Labute approximate surface area is 177 Å². The number of carbonyl (C=O) groups is 3. The molecule has 2 aromatic carbocycles. The van der Waals surface area contributed by atoms with E-state index in [0.29, 0.717) is 11.1 Å². The van der Waals surface area contributed by atoms with Crippen LogP contribution in [0.5, 0.6) is 0 Å². The van der Waals surface area contributed by atoms with Crippen molar-refractivity contribution in [3.05, 3.63) is 75.6 Å². The highest BCUT2D eigenvalue weighted by atomic mass is 19.1. The van der Waals surface area contributed by atoms with Gasteiger partial charge in [0.15, 0.2) is 0 Å². The molecule has 2 aromatic rings. The number of ether oxygens (including phenoxy) is 2. The summed E-state index contributed by atoms with van der Waals surface area (Å²) < 4.78 is 22.6. The van der Waals surface area contributed by atoms with Crippen molar-refractivity contribution in [1.29, 1.82) is 0 Å². The van der Waals surface area contributed by atoms with E-state index in [9.17, 15) is 28.9 Å². The second kappa shape index (κ2) is 10.8. The Balaban J connectivity index is 2.32. The summed E-state index contributed by atoms with van der Waals surface area (Å²) in [5.74, 6) is -3.37. The highest BCUT2D eigenvalue weighted by molar-refractivity contribution is 5.87. The van der Waals surface area contributed by atoms with E-state index in [2.05, 4.69) is 5.32 Å². The maximum Gasteiger partial charge on any atom is 0.329 e. The maximum atomic E-state index is 13.1. The molecule has 0 bridgehead atoms. The number of halogens is 1. The first kappa shape index (κ1) is 23.5. The standard InChI is InChI=1S/C21H21FN2O7/c1-30-19(26)12-17(14-5-9-16(10-6-14)24(28)29)20(21(27)31-2)23-18(25)11-13-3-7-15(22)8-4-13/h3-10,17,20H,11-12H2,1-2H3,(H,23,25)/t17-,20+/m0/s1. The fraction of sp³-hybridized carbons (Fsp3) is 0.286. The van der Waals surface area contributed by atoms with Crippen LogP contribution in [0.25, 0.3) is 0 Å². The average Bonchev–Trinajstić information content (AvgIpc) is 2.77. The van der Waals surface area contributed by atoms with Gasteiger partial charge in [-0.15, -0.1) is 0 Å². The van der Waals surface area contributed by atoms with Crippen LogP contribution in [0, 0.1) is 15.9 Å². The molecule has 2 rings (SSSR count). The molecular formula is C21H21FN2O7. The zero-order valence-corrected chi connectivity index (χ0v) is 16.9. The summed E-state index contributed by atoms with van der Waals surface area (Å²) in [7, 11) is 2.31. The number of rotatable bonds is 9. The SMILES string of the molecule is COC(=O)C[C@@H](c1ccc([N+](=O)[O-])cc1)[C@@H](NC(=O)Cc1ccc(F)cc1)C(=O)OC. The van der Waals surface area contributed by atoms with Crippen molar-refractivity contribution in [2.75, 3.05) is 14.2 Å². The second-order valence-electron chi connectivity index (χ2n) is 6.61. The van der Waals surface area contributed by atoms with Gasteiger partial charge in [-0.25, -0.2) is 9.18 Å². The van der Waals surface area contributed by atoms with Crippen molar-refractivity contribution < 1.29 is 33.2 Å². The predicted octanol–water partition coefficient (Wildman–Crippen LogP) is 2.28. The normalized spacial score (nSPS) is 12.4. The lowest BCUT2D eigenvalue weighted by Gasteiger charge is -2.26. The number of nitrogens with zero attached hydrogens (tertiary/aromatic N) is 1. The lowest BCUT2D eigenvalue weighted by molar-refractivity contribution is -0.384. The third kappa shape index (κ3) is 6.59. The molecule has 1 N–H and O–H groups in total. The molecule has 0 saturated heterocycles. The van der Waals surface area contributed by atoms with Gasteiger partial charge in [-0.1, -0.05) is 24.3 Å². The third-order valence-corrected chi connectivity index (χ3v) is 4.60. The molecule has 0 aliphatic rings. The summed E-state index contributed by atoms with van der Waals surface area (Å²) in [6.45, 7) is 0. The first-order valence-corrected chi connectivity index (χ1v) is 9.18. The van der Waals surface area contributed by atoms with Crippen LogP contribution in [0.15, 0.2) is 48.5 Å². The van der Waals surface area contributed by atoms with Crippen molar-refractivity contribution in [3.63, 3.8) is 0 Å². The first-order chi connectivity index (χ1) is 14.7. The molecule has 0 heterocycles. The minimum atomic E-state index is -1.27. The number of nitro groups is 1. The van der Waals surface area contributed by atoms with Crippen LogP contribution < -0.4 is 5.32 Å². The first-order valence-electron chi connectivity index (χ1n) is 9.18. The van der Waals surface area contributed by atoms with Crippen molar-refractivity contribution in [3.8, 4) is 0 Å². The summed E-state index contributed by atoms with van der Waals surface area (Å²) >= 11 is 0. The van der Waals surface area contributed by atoms with Crippen molar-refractivity contribution in [2.24, 2.45) is 0 Å². The molecule has 31 heavy (non-hydrogen) atoms. The third-order valence-electron chi connectivity index (χ3n) is 4.60. The van der Waals surface area contributed by atoms with E-state index in [0.717, 1.165) is 7.11 Å². The number of nitro benzene ring substituents is 1. The van der Waals surface area contributed by atoms with Crippen molar-refractivity contribution in [1.82, 2.24) is 5.32 Å². The number of esters is 2. The molecule has 9 nitrogen and oxygen atoms in total. The number of carbonyl (C=O) groups excluding carboxylic acids is 3. The van der Waals surface area contributed by atoms with Crippen LogP contribution in [-0.2, 0) is 30.3 Å². The van der Waals surface area contributed by atoms with Crippen LogP contribution in [0.4, 0.5) is 10.1 Å². The summed E-state index contributed by atoms with van der Waals surface area (Å²) in [5.41, 5.74) is 0.742. The van der Waals surface area contributed by atoms with E-state index < -0.39 is 40.5 Å². The topological polar surface area (TPSA) is 125 Å². The lowest BCUT2D eigenvalue weighted by atomic mass is 9.88. The summed E-state index contributed by atoms with van der Waals surface area (Å²) in [4.78, 5) is 47.3. The number of hydrogen-bond acceptors (Lipinski definition) is 7. The molecule has 0 unspecified atom stereocenters. The summed E-state index contributed by atoms with van der Waals surface area (Å²) in [5, 5.41) is 13.5. The van der Waals surface area contributed by atoms with Crippen LogP contribution in [-0.4, -0.2) is 43.0 Å². The zero-order valence-electron chi connectivity index (χ0n) is 16.9. The molecule has 0 fully saturated rings. The Hall–Kier alpha value is -3.82. The van der Waals surface area contributed by atoms with Crippen LogP contribution in [0.3, 0.4) is 0 Å². The highest BCUT2D eigenvalue weighted by Gasteiger charge is 2.34. The monoisotopic (exact) mass is 432 g/mol. The van der Waals surface area contributed by atoms with Crippen molar-refractivity contribution in [2.45, 2.75) is 24.8 Å². The van der Waals surface area contributed by atoms with Gasteiger partial charge in [0.25, 0.3) is 5.69 Å².